The Morgan fingerprint density at radius 2 is 2.22 bits per heavy atom. The first-order valence-electron chi connectivity index (χ1n) is 5.61. The van der Waals surface area contributed by atoms with Gasteiger partial charge in [-0.15, -0.1) is 0 Å². The van der Waals surface area contributed by atoms with Crippen molar-refractivity contribution in [2.24, 2.45) is 0 Å². The fourth-order valence-electron chi connectivity index (χ4n) is 1.90. The fraction of sp³-hybridized carbons (Fsp3) is 0.417. The average Bonchev–Trinajstić information content (AvgIpc) is 2.63. The maximum atomic E-state index is 13.3. The second-order valence-electron chi connectivity index (χ2n) is 4.72. The van der Waals surface area contributed by atoms with Crippen LogP contribution in [-0.2, 0) is 0 Å². The van der Waals surface area contributed by atoms with E-state index in [1.165, 1.54) is 4.90 Å². The number of carbonyl (C=O) groups excluding carboxylic acids is 1. The third-order valence-electron chi connectivity index (χ3n) is 2.91. The van der Waals surface area contributed by atoms with Crippen molar-refractivity contribution in [1.29, 1.82) is 0 Å². The van der Waals surface area contributed by atoms with Crippen LogP contribution in [0.15, 0.2) is 18.2 Å². The molecule has 1 saturated heterocycles. The average molecular weight is 256 g/mol. The lowest BCUT2D eigenvalue weighted by molar-refractivity contribution is 0.0727. The first-order chi connectivity index (χ1) is 8.37. The molecule has 6 heteroatoms. The molecule has 1 heterocycles. The number of benzene rings is 1. The summed E-state index contributed by atoms with van der Waals surface area (Å²) in [5.41, 5.74) is -0.980. The Hall–Kier alpha value is -1.69. The van der Waals surface area contributed by atoms with Crippen molar-refractivity contribution in [3.63, 3.8) is 0 Å². The molecular formula is C12H14F2N2O2. The summed E-state index contributed by atoms with van der Waals surface area (Å²) in [7, 11) is 0. The number of rotatable bonds is 1. The Morgan fingerprint density at radius 3 is 2.78 bits per heavy atom. The van der Waals surface area contributed by atoms with E-state index in [2.05, 4.69) is 5.32 Å². The number of carbonyl (C=O) groups is 1. The molecule has 2 N–H and O–H groups in total. The molecule has 1 aromatic carbocycles. The molecule has 1 atom stereocenters. The highest BCUT2D eigenvalue weighted by Crippen LogP contribution is 2.22. The largest absolute Gasteiger partial charge is 0.388 e. The summed E-state index contributed by atoms with van der Waals surface area (Å²) >= 11 is 0. The number of anilines is 1. The van der Waals surface area contributed by atoms with E-state index in [-0.39, 0.29) is 12.2 Å². The monoisotopic (exact) mass is 256 g/mol. The molecule has 0 spiro atoms. The number of nitrogens with zero attached hydrogens (tertiary/aromatic N) is 1. The van der Waals surface area contributed by atoms with Crippen molar-refractivity contribution in [2.45, 2.75) is 18.9 Å². The molecule has 1 aromatic rings. The zero-order valence-electron chi connectivity index (χ0n) is 9.91. The van der Waals surface area contributed by atoms with Crippen LogP contribution in [0, 0.1) is 11.6 Å². The van der Waals surface area contributed by atoms with E-state index in [0.29, 0.717) is 19.0 Å². The topological polar surface area (TPSA) is 52.6 Å². The lowest BCUT2D eigenvalue weighted by Gasteiger charge is -2.19. The molecule has 1 aliphatic heterocycles. The van der Waals surface area contributed by atoms with Gasteiger partial charge in [0, 0.05) is 12.6 Å². The normalized spacial score (nSPS) is 23.2. The van der Waals surface area contributed by atoms with E-state index < -0.39 is 23.3 Å². The number of likely N-dealkylation sites (tertiary alicyclic amines) is 1. The molecule has 0 aromatic heterocycles. The molecule has 0 saturated carbocycles. The van der Waals surface area contributed by atoms with E-state index >= 15 is 0 Å². The molecular weight excluding hydrogens is 242 g/mol. The van der Waals surface area contributed by atoms with Gasteiger partial charge in [-0.05, 0) is 25.5 Å². The standard InChI is InChI=1S/C12H14F2N2O2/c1-12(18)4-5-16(7-12)11(17)15-10-3-2-8(13)6-9(10)14/h2-3,6,18H,4-5,7H2,1H3,(H,15,17). The maximum absolute atomic E-state index is 13.3. The number of amides is 2. The highest BCUT2D eigenvalue weighted by atomic mass is 19.1. The summed E-state index contributed by atoms with van der Waals surface area (Å²) < 4.78 is 26.0. The van der Waals surface area contributed by atoms with Crippen molar-refractivity contribution in [3.8, 4) is 0 Å². The second kappa shape index (κ2) is 4.53. The minimum absolute atomic E-state index is 0.0760. The number of β-amino-alcohol motifs (C(OH)–C–C–N with tert-alkyl or cyclic N) is 1. The van der Waals surface area contributed by atoms with Crippen molar-refractivity contribution in [3.05, 3.63) is 29.8 Å². The van der Waals surface area contributed by atoms with Gasteiger partial charge in [-0.3, -0.25) is 0 Å². The number of hydrogen-bond acceptors (Lipinski definition) is 2. The first-order valence-corrected chi connectivity index (χ1v) is 5.61. The zero-order valence-corrected chi connectivity index (χ0v) is 9.91. The van der Waals surface area contributed by atoms with Gasteiger partial charge in [-0.1, -0.05) is 0 Å². The third kappa shape index (κ3) is 2.76. The zero-order chi connectivity index (χ0) is 13.3. The quantitative estimate of drug-likeness (QED) is 0.807. The second-order valence-corrected chi connectivity index (χ2v) is 4.72. The third-order valence-corrected chi connectivity index (χ3v) is 2.91. The van der Waals surface area contributed by atoms with E-state index in [0.717, 1.165) is 12.1 Å². The lowest BCUT2D eigenvalue weighted by atomic mass is 10.1. The van der Waals surface area contributed by atoms with Gasteiger partial charge < -0.3 is 15.3 Å². The summed E-state index contributed by atoms with van der Waals surface area (Å²) in [5.74, 6) is -1.52. The van der Waals surface area contributed by atoms with Gasteiger partial charge in [0.05, 0.1) is 17.8 Å². The Kier molecular flexibility index (Phi) is 3.21. The molecule has 2 rings (SSSR count). The minimum Gasteiger partial charge on any atom is -0.388 e. The van der Waals surface area contributed by atoms with E-state index in [1.54, 1.807) is 6.92 Å². The van der Waals surface area contributed by atoms with Crippen molar-refractivity contribution in [1.82, 2.24) is 4.90 Å². The van der Waals surface area contributed by atoms with Crippen LogP contribution >= 0.6 is 0 Å². The summed E-state index contributed by atoms with van der Waals surface area (Å²) in [4.78, 5) is 13.2. The van der Waals surface area contributed by atoms with Gasteiger partial charge in [0.25, 0.3) is 0 Å². The van der Waals surface area contributed by atoms with Crippen LogP contribution < -0.4 is 5.32 Å². The molecule has 4 nitrogen and oxygen atoms in total. The highest BCUT2D eigenvalue weighted by Gasteiger charge is 2.34. The van der Waals surface area contributed by atoms with Gasteiger partial charge in [0.2, 0.25) is 0 Å². The van der Waals surface area contributed by atoms with Crippen LogP contribution in [0.1, 0.15) is 13.3 Å². The molecule has 2 amide bonds. The number of urea groups is 1. The first kappa shape index (κ1) is 12.8. The Morgan fingerprint density at radius 1 is 1.50 bits per heavy atom. The summed E-state index contributed by atoms with van der Waals surface area (Å²) in [6, 6.07) is 2.43. The molecule has 1 unspecified atom stereocenters. The Balaban J connectivity index is 2.04. The molecule has 18 heavy (non-hydrogen) atoms. The van der Waals surface area contributed by atoms with Crippen LogP contribution in [0.3, 0.4) is 0 Å². The highest BCUT2D eigenvalue weighted by molar-refractivity contribution is 5.89. The predicted molar refractivity (Wildman–Crippen MR) is 62.2 cm³/mol. The van der Waals surface area contributed by atoms with E-state index in [1.807, 2.05) is 0 Å². The lowest BCUT2D eigenvalue weighted by Crippen LogP contribution is -2.36. The predicted octanol–water partition coefficient (Wildman–Crippen LogP) is 1.95. The van der Waals surface area contributed by atoms with Crippen LogP contribution in [0.5, 0.6) is 0 Å². The SMILES string of the molecule is CC1(O)CCN(C(=O)Nc2ccc(F)cc2F)C1. The molecule has 1 fully saturated rings. The van der Waals surface area contributed by atoms with Crippen molar-refractivity contribution < 1.29 is 18.7 Å². The van der Waals surface area contributed by atoms with Gasteiger partial charge in [0.15, 0.2) is 0 Å². The molecule has 98 valence electrons. The smallest absolute Gasteiger partial charge is 0.322 e. The minimum atomic E-state index is -0.904. The maximum Gasteiger partial charge on any atom is 0.322 e. The van der Waals surface area contributed by atoms with Crippen LogP contribution in [-0.4, -0.2) is 34.7 Å². The van der Waals surface area contributed by atoms with Gasteiger partial charge >= 0.3 is 6.03 Å². The molecule has 0 bridgehead atoms. The van der Waals surface area contributed by atoms with Crippen LogP contribution in [0.25, 0.3) is 0 Å². The number of halogens is 2. The summed E-state index contributed by atoms with van der Waals surface area (Å²) in [6.45, 7) is 2.24. The molecule has 0 aliphatic carbocycles. The number of nitrogens with one attached hydrogen (secondary N) is 1. The van der Waals surface area contributed by atoms with E-state index in [4.69, 9.17) is 0 Å². The van der Waals surface area contributed by atoms with Crippen LogP contribution in [0.4, 0.5) is 19.3 Å². The molecule has 1 aliphatic rings. The summed E-state index contributed by atoms with van der Waals surface area (Å²) in [5, 5.41) is 12.1. The Labute approximate surface area is 103 Å². The Bertz CT molecular complexity index is 477. The van der Waals surface area contributed by atoms with Crippen molar-refractivity contribution >= 4 is 11.7 Å². The fourth-order valence-corrected chi connectivity index (χ4v) is 1.90. The van der Waals surface area contributed by atoms with Gasteiger partial charge in [0.1, 0.15) is 11.6 Å². The molecule has 0 radical (unpaired) electrons. The van der Waals surface area contributed by atoms with Gasteiger partial charge in [-0.25, -0.2) is 13.6 Å². The van der Waals surface area contributed by atoms with E-state index in [9.17, 15) is 18.7 Å². The van der Waals surface area contributed by atoms with Crippen molar-refractivity contribution in [2.75, 3.05) is 18.4 Å². The number of aliphatic hydroxyl groups is 1. The summed E-state index contributed by atoms with van der Waals surface area (Å²) in [6.07, 6.45) is 0.478. The van der Waals surface area contributed by atoms with Gasteiger partial charge in [-0.2, -0.15) is 0 Å². The number of hydrogen-bond donors (Lipinski definition) is 2. The van der Waals surface area contributed by atoms with Crippen LogP contribution in [0.2, 0.25) is 0 Å².